The van der Waals surface area contributed by atoms with Crippen LogP contribution in [-0.4, -0.2) is 33.0 Å². The standard InChI is InChI=1S/C12H14N4O2/c1-9-3-4-10(18-9)5-6-12(17)16(2)7-11-13-8-14-15-11/h3-6,8H,7H2,1-2H3,(H,13,14,15). The van der Waals surface area contributed by atoms with Gasteiger partial charge in [-0.05, 0) is 25.1 Å². The smallest absolute Gasteiger partial charge is 0.246 e. The van der Waals surface area contributed by atoms with E-state index in [9.17, 15) is 4.79 Å². The summed E-state index contributed by atoms with van der Waals surface area (Å²) >= 11 is 0. The molecule has 0 radical (unpaired) electrons. The largest absolute Gasteiger partial charge is 0.462 e. The van der Waals surface area contributed by atoms with E-state index < -0.39 is 0 Å². The summed E-state index contributed by atoms with van der Waals surface area (Å²) in [5.74, 6) is 2.00. The number of H-pyrrole nitrogens is 1. The topological polar surface area (TPSA) is 75.0 Å². The maximum Gasteiger partial charge on any atom is 0.246 e. The molecule has 0 aliphatic carbocycles. The Kier molecular flexibility index (Phi) is 3.57. The molecule has 0 unspecified atom stereocenters. The SMILES string of the molecule is Cc1ccc(C=CC(=O)N(C)Cc2ncn[nH]2)o1. The number of aryl methyl sites for hydroxylation is 1. The van der Waals surface area contributed by atoms with E-state index in [1.807, 2.05) is 19.1 Å². The van der Waals surface area contributed by atoms with E-state index in [1.54, 1.807) is 13.1 Å². The second-order valence-electron chi connectivity index (χ2n) is 3.91. The van der Waals surface area contributed by atoms with E-state index in [1.165, 1.54) is 17.3 Å². The zero-order valence-electron chi connectivity index (χ0n) is 10.3. The van der Waals surface area contributed by atoms with Gasteiger partial charge in [-0.25, -0.2) is 4.98 Å². The molecule has 2 rings (SSSR count). The molecule has 0 aliphatic heterocycles. The van der Waals surface area contributed by atoms with Gasteiger partial charge in [0.15, 0.2) is 0 Å². The Bertz CT molecular complexity index is 542. The third kappa shape index (κ3) is 3.07. The van der Waals surface area contributed by atoms with Gasteiger partial charge in [0.2, 0.25) is 5.91 Å². The van der Waals surface area contributed by atoms with Crippen molar-refractivity contribution in [3.05, 3.63) is 41.9 Å². The first-order chi connectivity index (χ1) is 8.65. The van der Waals surface area contributed by atoms with Crippen LogP contribution in [0.3, 0.4) is 0 Å². The summed E-state index contributed by atoms with van der Waals surface area (Å²) in [5, 5.41) is 6.43. The second-order valence-corrected chi connectivity index (χ2v) is 3.91. The molecule has 6 heteroatoms. The fourth-order valence-electron chi connectivity index (χ4n) is 1.43. The Hall–Kier alpha value is -2.37. The van der Waals surface area contributed by atoms with Gasteiger partial charge in [-0.2, -0.15) is 5.10 Å². The van der Waals surface area contributed by atoms with Crippen LogP contribution in [0.15, 0.2) is 29.0 Å². The molecule has 0 saturated carbocycles. The number of aromatic nitrogens is 3. The van der Waals surface area contributed by atoms with Crippen molar-refractivity contribution in [3.8, 4) is 0 Å². The first-order valence-electron chi connectivity index (χ1n) is 5.49. The van der Waals surface area contributed by atoms with Gasteiger partial charge in [0.05, 0.1) is 6.54 Å². The minimum absolute atomic E-state index is 0.125. The quantitative estimate of drug-likeness (QED) is 0.827. The second kappa shape index (κ2) is 5.31. The average Bonchev–Trinajstić information content (AvgIpc) is 2.97. The van der Waals surface area contributed by atoms with Gasteiger partial charge in [0.25, 0.3) is 0 Å². The fourth-order valence-corrected chi connectivity index (χ4v) is 1.43. The molecule has 0 atom stereocenters. The number of nitrogens with one attached hydrogen (secondary N) is 1. The number of rotatable bonds is 4. The highest BCUT2D eigenvalue weighted by atomic mass is 16.3. The number of furan rings is 1. The van der Waals surface area contributed by atoms with Crippen molar-refractivity contribution < 1.29 is 9.21 Å². The lowest BCUT2D eigenvalue weighted by molar-refractivity contribution is -0.125. The lowest BCUT2D eigenvalue weighted by atomic mass is 10.3. The molecule has 6 nitrogen and oxygen atoms in total. The van der Waals surface area contributed by atoms with Crippen LogP contribution in [0.5, 0.6) is 0 Å². The van der Waals surface area contributed by atoms with Crippen molar-refractivity contribution in [3.63, 3.8) is 0 Å². The van der Waals surface area contributed by atoms with Crippen LogP contribution >= 0.6 is 0 Å². The molecule has 18 heavy (non-hydrogen) atoms. The summed E-state index contributed by atoms with van der Waals surface area (Å²) in [7, 11) is 1.70. The average molecular weight is 246 g/mol. The predicted molar refractivity (Wildman–Crippen MR) is 65.3 cm³/mol. The number of carbonyl (C=O) groups is 1. The predicted octanol–water partition coefficient (Wildman–Crippen LogP) is 1.38. The van der Waals surface area contributed by atoms with Gasteiger partial charge < -0.3 is 9.32 Å². The van der Waals surface area contributed by atoms with Crippen molar-refractivity contribution in [2.45, 2.75) is 13.5 Å². The molecule has 0 spiro atoms. The van der Waals surface area contributed by atoms with Crippen LogP contribution in [0.2, 0.25) is 0 Å². The zero-order chi connectivity index (χ0) is 13.0. The van der Waals surface area contributed by atoms with Gasteiger partial charge in [-0.15, -0.1) is 0 Å². The van der Waals surface area contributed by atoms with Crippen molar-refractivity contribution in [1.29, 1.82) is 0 Å². The van der Waals surface area contributed by atoms with Crippen LogP contribution in [-0.2, 0) is 11.3 Å². The van der Waals surface area contributed by atoms with E-state index in [4.69, 9.17) is 4.42 Å². The number of likely N-dealkylation sites (N-methyl/N-ethyl adjacent to an activating group) is 1. The molecular formula is C12H14N4O2. The third-order valence-electron chi connectivity index (χ3n) is 2.38. The van der Waals surface area contributed by atoms with E-state index in [0.29, 0.717) is 18.1 Å². The van der Waals surface area contributed by atoms with E-state index in [2.05, 4.69) is 15.2 Å². The number of hydrogen-bond donors (Lipinski definition) is 1. The van der Waals surface area contributed by atoms with E-state index >= 15 is 0 Å². The highest BCUT2D eigenvalue weighted by Gasteiger charge is 2.07. The molecule has 0 aromatic carbocycles. The molecule has 2 aromatic rings. The van der Waals surface area contributed by atoms with Crippen molar-refractivity contribution in [1.82, 2.24) is 20.1 Å². The summed E-state index contributed by atoms with van der Waals surface area (Å²) in [6.45, 7) is 2.25. The van der Waals surface area contributed by atoms with Gasteiger partial charge in [-0.3, -0.25) is 9.89 Å². The maximum absolute atomic E-state index is 11.8. The summed E-state index contributed by atoms with van der Waals surface area (Å²) in [5.41, 5.74) is 0. The number of aromatic amines is 1. The summed E-state index contributed by atoms with van der Waals surface area (Å²) in [6.07, 6.45) is 4.52. The molecule has 0 saturated heterocycles. The normalized spacial score (nSPS) is 11.0. The summed E-state index contributed by atoms with van der Waals surface area (Å²) in [6, 6.07) is 3.66. The van der Waals surface area contributed by atoms with Gasteiger partial charge in [-0.1, -0.05) is 0 Å². The van der Waals surface area contributed by atoms with Gasteiger partial charge in [0.1, 0.15) is 23.7 Å². The Morgan fingerprint density at radius 1 is 1.56 bits per heavy atom. The van der Waals surface area contributed by atoms with Gasteiger partial charge in [0, 0.05) is 13.1 Å². The minimum atomic E-state index is -0.125. The molecule has 2 aromatic heterocycles. The molecule has 0 aliphatic rings. The van der Waals surface area contributed by atoms with Crippen LogP contribution in [0, 0.1) is 6.92 Å². The maximum atomic E-state index is 11.8. The molecule has 1 N–H and O–H groups in total. The number of hydrogen-bond acceptors (Lipinski definition) is 4. The number of carbonyl (C=O) groups excluding carboxylic acids is 1. The fraction of sp³-hybridized carbons (Fsp3) is 0.250. The van der Waals surface area contributed by atoms with Crippen LogP contribution in [0.4, 0.5) is 0 Å². The molecule has 0 fully saturated rings. The molecule has 94 valence electrons. The Balaban J connectivity index is 1.93. The zero-order valence-corrected chi connectivity index (χ0v) is 10.3. The van der Waals surface area contributed by atoms with Crippen molar-refractivity contribution in [2.24, 2.45) is 0 Å². The summed E-state index contributed by atoms with van der Waals surface area (Å²) < 4.78 is 5.33. The van der Waals surface area contributed by atoms with Crippen LogP contribution in [0.25, 0.3) is 6.08 Å². The lowest BCUT2D eigenvalue weighted by Gasteiger charge is -2.12. The number of amides is 1. The highest BCUT2D eigenvalue weighted by Crippen LogP contribution is 2.08. The third-order valence-corrected chi connectivity index (χ3v) is 2.38. The first-order valence-corrected chi connectivity index (χ1v) is 5.49. The minimum Gasteiger partial charge on any atom is -0.462 e. The monoisotopic (exact) mass is 246 g/mol. The van der Waals surface area contributed by atoms with Crippen LogP contribution < -0.4 is 0 Å². The molecule has 2 heterocycles. The number of nitrogens with zero attached hydrogens (tertiary/aromatic N) is 3. The Morgan fingerprint density at radius 3 is 3.00 bits per heavy atom. The molecule has 0 bridgehead atoms. The van der Waals surface area contributed by atoms with Crippen LogP contribution in [0.1, 0.15) is 17.3 Å². The van der Waals surface area contributed by atoms with Gasteiger partial charge >= 0.3 is 0 Å². The lowest BCUT2D eigenvalue weighted by Crippen LogP contribution is -2.24. The summed E-state index contributed by atoms with van der Waals surface area (Å²) in [4.78, 5) is 17.3. The Morgan fingerprint density at radius 2 is 2.39 bits per heavy atom. The van der Waals surface area contributed by atoms with Crippen molar-refractivity contribution >= 4 is 12.0 Å². The molecule has 1 amide bonds. The highest BCUT2D eigenvalue weighted by molar-refractivity contribution is 5.91. The van der Waals surface area contributed by atoms with Crippen molar-refractivity contribution in [2.75, 3.05) is 7.05 Å². The molecular weight excluding hydrogens is 232 g/mol. The Labute approximate surface area is 104 Å². The first kappa shape index (κ1) is 12.1. The van der Waals surface area contributed by atoms with E-state index in [0.717, 1.165) is 5.76 Å². The van der Waals surface area contributed by atoms with E-state index in [-0.39, 0.29) is 5.91 Å².